The number of hydrogen-bond acceptors (Lipinski definition) is 4. The third-order valence-electron chi connectivity index (χ3n) is 4.69. The van der Waals surface area contributed by atoms with Crippen LogP contribution in [-0.4, -0.2) is 43.0 Å². The summed E-state index contributed by atoms with van der Waals surface area (Å²) in [6.45, 7) is 6.50. The maximum Gasteiger partial charge on any atom is 0.253 e. The van der Waals surface area contributed by atoms with Crippen molar-refractivity contribution >= 4 is 23.2 Å². The summed E-state index contributed by atoms with van der Waals surface area (Å²) >= 11 is 0. The number of amides is 2. The number of ether oxygens (including phenoxy) is 1. The largest absolute Gasteiger partial charge is 0.491 e. The predicted octanol–water partition coefficient (Wildman–Crippen LogP) is 4.01. The smallest absolute Gasteiger partial charge is 0.253 e. The quantitative estimate of drug-likeness (QED) is 0.709. The van der Waals surface area contributed by atoms with E-state index < -0.39 is 0 Å². The van der Waals surface area contributed by atoms with Crippen LogP contribution in [0.5, 0.6) is 5.75 Å². The third kappa shape index (κ3) is 5.98. The molecule has 1 saturated heterocycles. The van der Waals surface area contributed by atoms with Crippen molar-refractivity contribution in [2.45, 2.75) is 26.7 Å². The van der Waals surface area contributed by atoms with Crippen molar-refractivity contribution in [2.24, 2.45) is 5.92 Å². The first-order valence-electron chi connectivity index (χ1n) is 10.2. The Kier molecular flexibility index (Phi) is 7.11. The lowest BCUT2D eigenvalue weighted by Gasteiger charge is -2.16. The fourth-order valence-corrected chi connectivity index (χ4v) is 3.21. The Morgan fingerprint density at radius 2 is 1.83 bits per heavy atom. The Labute approximate surface area is 172 Å². The maximum absolute atomic E-state index is 12.5. The van der Waals surface area contributed by atoms with Gasteiger partial charge in [0, 0.05) is 24.3 Å². The van der Waals surface area contributed by atoms with Crippen molar-refractivity contribution in [2.75, 3.05) is 36.9 Å². The van der Waals surface area contributed by atoms with E-state index in [2.05, 4.69) is 24.5 Å². The minimum Gasteiger partial charge on any atom is -0.491 e. The molecule has 0 aromatic heterocycles. The van der Waals surface area contributed by atoms with Crippen LogP contribution in [0.25, 0.3) is 0 Å². The van der Waals surface area contributed by atoms with Gasteiger partial charge in [0.2, 0.25) is 5.91 Å². The van der Waals surface area contributed by atoms with Crippen molar-refractivity contribution in [3.63, 3.8) is 0 Å². The molecule has 0 aliphatic carbocycles. The maximum atomic E-state index is 12.5. The molecule has 1 aliphatic rings. The summed E-state index contributed by atoms with van der Waals surface area (Å²) in [6, 6.07) is 14.7. The monoisotopic (exact) mass is 395 g/mol. The Hall–Kier alpha value is -3.02. The second kappa shape index (κ2) is 9.96. The third-order valence-corrected chi connectivity index (χ3v) is 4.69. The lowest BCUT2D eigenvalue weighted by molar-refractivity contribution is -0.114. The zero-order valence-corrected chi connectivity index (χ0v) is 17.1. The van der Waals surface area contributed by atoms with Crippen molar-refractivity contribution in [1.29, 1.82) is 0 Å². The van der Waals surface area contributed by atoms with Gasteiger partial charge in [0.05, 0.1) is 18.8 Å². The van der Waals surface area contributed by atoms with Gasteiger partial charge in [-0.15, -0.1) is 0 Å². The van der Waals surface area contributed by atoms with Gasteiger partial charge < -0.3 is 20.3 Å². The minimum atomic E-state index is -0.186. The van der Waals surface area contributed by atoms with E-state index in [1.165, 1.54) is 0 Å². The molecule has 2 aromatic carbocycles. The number of para-hydroxylation sites is 2. The zero-order chi connectivity index (χ0) is 20.6. The molecule has 6 nitrogen and oxygen atoms in total. The van der Waals surface area contributed by atoms with Gasteiger partial charge in [-0.25, -0.2) is 0 Å². The van der Waals surface area contributed by atoms with E-state index in [1.807, 2.05) is 29.2 Å². The van der Waals surface area contributed by atoms with Gasteiger partial charge in [-0.3, -0.25) is 9.59 Å². The van der Waals surface area contributed by atoms with Crippen LogP contribution in [0.15, 0.2) is 48.5 Å². The highest BCUT2D eigenvalue weighted by atomic mass is 16.5. The van der Waals surface area contributed by atoms with Crippen molar-refractivity contribution < 1.29 is 14.3 Å². The second-order valence-electron chi connectivity index (χ2n) is 7.68. The zero-order valence-electron chi connectivity index (χ0n) is 17.1. The first kappa shape index (κ1) is 20.7. The standard InChI is InChI=1S/C23H29N3O3/c1-17(2)16-29-21-11-4-3-10-20(21)24-15-22(27)25-19-9-7-8-18(14-19)23(28)26-12-5-6-13-26/h3-4,7-11,14,17,24H,5-6,12-13,15-16H2,1-2H3,(H,25,27). The number of hydrogen-bond donors (Lipinski definition) is 2. The summed E-state index contributed by atoms with van der Waals surface area (Å²) in [6.07, 6.45) is 2.10. The number of nitrogens with one attached hydrogen (secondary N) is 2. The van der Waals surface area contributed by atoms with Crippen LogP contribution in [-0.2, 0) is 4.79 Å². The highest BCUT2D eigenvalue weighted by molar-refractivity contribution is 5.98. The van der Waals surface area contributed by atoms with Crippen molar-refractivity contribution in [3.05, 3.63) is 54.1 Å². The molecular formula is C23H29N3O3. The van der Waals surface area contributed by atoms with Gasteiger partial charge in [0.1, 0.15) is 5.75 Å². The van der Waals surface area contributed by atoms with E-state index in [0.29, 0.717) is 23.8 Å². The first-order valence-corrected chi connectivity index (χ1v) is 10.2. The van der Waals surface area contributed by atoms with Gasteiger partial charge in [0.15, 0.2) is 0 Å². The summed E-state index contributed by atoms with van der Waals surface area (Å²) in [7, 11) is 0. The number of nitrogens with zero attached hydrogens (tertiary/aromatic N) is 1. The lowest BCUT2D eigenvalue weighted by atomic mass is 10.1. The van der Waals surface area contributed by atoms with Crippen LogP contribution in [0.2, 0.25) is 0 Å². The summed E-state index contributed by atoms with van der Waals surface area (Å²) in [5.41, 5.74) is 2.00. The summed E-state index contributed by atoms with van der Waals surface area (Å²) < 4.78 is 5.80. The number of carbonyl (C=O) groups is 2. The Bertz CT molecular complexity index is 845. The van der Waals surface area contributed by atoms with Crippen LogP contribution in [0.1, 0.15) is 37.0 Å². The van der Waals surface area contributed by atoms with E-state index in [-0.39, 0.29) is 18.4 Å². The molecule has 29 heavy (non-hydrogen) atoms. The molecule has 1 heterocycles. The number of likely N-dealkylation sites (tertiary alicyclic amines) is 1. The SMILES string of the molecule is CC(C)COc1ccccc1NCC(=O)Nc1cccc(C(=O)N2CCCC2)c1. The van der Waals surface area contributed by atoms with Gasteiger partial charge in [-0.2, -0.15) is 0 Å². The van der Waals surface area contributed by atoms with Gasteiger partial charge in [0.25, 0.3) is 5.91 Å². The van der Waals surface area contributed by atoms with Crippen molar-refractivity contribution in [1.82, 2.24) is 4.90 Å². The number of carbonyl (C=O) groups excluding carboxylic acids is 2. The van der Waals surface area contributed by atoms with Crippen LogP contribution in [0, 0.1) is 5.92 Å². The van der Waals surface area contributed by atoms with Gasteiger partial charge >= 0.3 is 0 Å². The highest BCUT2D eigenvalue weighted by Crippen LogP contribution is 2.24. The molecule has 0 radical (unpaired) electrons. The normalized spacial score (nSPS) is 13.4. The molecule has 0 spiro atoms. The Morgan fingerprint density at radius 1 is 1.07 bits per heavy atom. The summed E-state index contributed by atoms with van der Waals surface area (Å²) in [5, 5.41) is 5.98. The van der Waals surface area contributed by atoms with Gasteiger partial charge in [-0.1, -0.05) is 32.0 Å². The average molecular weight is 396 g/mol. The molecule has 3 rings (SSSR count). The van der Waals surface area contributed by atoms with E-state index in [1.54, 1.807) is 24.3 Å². The summed E-state index contributed by atoms with van der Waals surface area (Å²) in [4.78, 5) is 26.8. The molecule has 154 valence electrons. The number of anilines is 2. The molecule has 0 saturated carbocycles. The summed E-state index contributed by atoms with van der Waals surface area (Å²) in [5.74, 6) is 0.983. The van der Waals surface area contributed by atoms with Crippen LogP contribution < -0.4 is 15.4 Å². The fourth-order valence-electron chi connectivity index (χ4n) is 3.21. The first-order chi connectivity index (χ1) is 14.0. The molecule has 2 N–H and O–H groups in total. The van der Waals surface area contributed by atoms with Crippen LogP contribution in [0.4, 0.5) is 11.4 Å². The molecular weight excluding hydrogens is 366 g/mol. The fraction of sp³-hybridized carbons (Fsp3) is 0.391. The second-order valence-corrected chi connectivity index (χ2v) is 7.68. The lowest BCUT2D eigenvalue weighted by Crippen LogP contribution is -2.27. The average Bonchev–Trinajstić information content (AvgIpc) is 3.26. The molecule has 0 atom stereocenters. The molecule has 0 unspecified atom stereocenters. The van der Waals surface area contributed by atoms with Gasteiger partial charge in [-0.05, 0) is 49.1 Å². The number of benzene rings is 2. The van der Waals surface area contributed by atoms with E-state index >= 15 is 0 Å². The highest BCUT2D eigenvalue weighted by Gasteiger charge is 2.19. The topological polar surface area (TPSA) is 70.7 Å². The Balaban J connectivity index is 1.56. The van der Waals surface area contributed by atoms with Crippen LogP contribution >= 0.6 is 0 Å². The van der Waals surface area contributed by atoms with E-state index in [4.69, 9.17) is 4.74 Å². The Morgan fingerprint density at radius 3 is 2.59 bits per heavy atom. The molecule has 6 heteroatoms. The van der Waals surface area contributed by atoms with E-state index in [0.717, 1.165) is 37.4 Å². The van der Waals surface area contributed by atoms with E-state index in [9.17, 15) is 9.59 Å². The van der Waals surface area contributed by atoms with Crippen LogP contribution in [0.3, 0.4) is 0 Å². The molecule has 0 bridgehead atoms. The predicted molar refractivity (Wildman–Crippen MR) is 115 cm³/mol. The minimum absolute atomic E-state index is 0.0213. The molecule has 1 aliphatic heterocycles. The number of rotatable bonds is 8. The molecule has 2 aromatic rings. The molecule has 1 fully saturated rings. The molecule has 2 amide bonds. The van der Waals surface area contributed by atoms with Crippen molar-refractivity contribution in [3.8, 4) is 5.75 Å².